The third kappa shape index (κ3) is 3.40. The first-order valence-electron chi connectivity index (χ1n) is 6.45. The van der Waals surface area contributed by atoms with Crippen LogP contribution in [0.3, 0.4) is 0 Å². The van der Waals surface area contributed by atoms with Crippen molar-refractivity contribution in [1.29, 1.82) is 0 Å². The van der Waals surface area contributed by atoms with E-state index in [-0.39, 0.29) is 11.0 Å². The molecule has 1 aromatic carbocycles. The lowest BCUT2D eigenvalue weighted by Crippen LogP contribution is -2.43. The second-order valence-electron chi connectivity index (χ2n) is 4.86. The zero-order valence-electron chi connectivity index (χ0n) is 11.4. The highest BCUT2D eigenvalue weighted by Gasteiger charge is 2.31. The van der Waals surface area contributed by atoms with E-state index in [9.17, 15) is 18.4 Å². The summed E-state index contributed by atoms with van der Waals surface area (Å²) in [6, 6.07) is 2.08. The van der Waals surface area contributed by atoms with Gasteiger partial charge in [0.25, 0.3) is 5.91 Å². The number of nitrogens with zero attached hydrogens (tertiary/aromatic N) is 1. The van der Waals surface area contributed by atoms with E-state index in [1.807, 2.05) is 0 Å². The van der Waals surface area contributed by atoms with Gasteiger partial charge in [0, 0.05) is 17.6 Å². The third-order valence-electron chi connectivity index (χ3n) is 3.46. The number of piperidine rings is 1. The average Bonchev–Trinajstić information content (AvgIpc) is 2.45. The van der Waals surface area contributed by atoms with Crippen molar-refractivity contribution in [1.82, 2.24) is 4.90 Å². The molecule has 21 heavy (non-hydrogen) atoms. The molecule has 0 spiro atoms. The Kier molecular flexibility index (Phi) is 4.92. The van der Waals surface area contributed by atoms with Gasteiger partial charge < -0.3 is 9.64 Å². The fraction of sp³-hybridized carbons (Fsp3) is 0.429. The van der Waals surface area contributed by atoms with E-state index >= 15 is 0 Å². The fourth-order valence-electron chi connectivity index (χ4n) is 2.43. The van der Waals surface area contributed by atoms with Gasteiger partial charge in [0.1, 0.15) is 17.2 Å². The van der Waals surface area contributed by atoms with Crippen LogP contribution in [0.15, 0.2) is 16.6 Å². The van der Waals surface area contributed by atoms with Crippen molar-refractivity contribution >= 4 is 27.8 Å². The lowest BCUT2D eigenvalue weighted by atomic mass is 9.97. The van der Waals surface area contributed by atoms with Gasteiger partial charge in [0.2, 0.25) is 0 Å². The average molecular weight is 362 g/mol. The standard InChI is InChI=1S/C14H14BrF2NO3/c1-21-14(20)8-3-2-4-18(7-8)13(19)12-10(16)5-9(15)6-11(12)17/h5-6,8H,2-4,7H2,1H3/t8-/m0/s1. The van der Waals surface area contributed by atoms with E-state index in [2.05, 4.69) is 20.7 Å². The van der Waals surface area contributed by atoms with Gasteiger partial charge in [0.05, 0.1) is 13.0 Å². The number of likely N-dealkylation sites (tertiary alicyclic amines) is 1. The second kappa shape index (κ2) is 6.51. The van der Waals surface area contributed by atoms with Crippen LogP contribution in [0, 0.1) is 17.6 Å². The molecule has 1 fully saturated rings. The van der Waals surface area contributed by atoms with Crippen molar-refractivity contribution in [3.8, 4) is 0 Å². The lowest BCUT2D eigenvalue weighted by Gasteiger charge is -2.31. The summed E-state index contributed by atoms with van der Waals surface area (Å²) in [4.78, 5) is 25.1. The van der Waals surface area contributed by atoms with Crippen molar-refractivity contribution < 1.29 is 23.1 Å². The van der Waals surface area contributed by atoms with Crippen LogP contribution < -0.4 is 0 Å². The molecule has 0 aromatic heterocycles. The van der Waals surface area contributed by atoms with Crippen LogP contribution in [0.1, 0.15) is 23.2 Å². The second-order valence-corrected chi connectivity index (χ2v) is 5.77. The van der Waals surface area contributed by atoms with Crippen LogP contribution in [0.5, 0.6) is 0 Å². The maximum Gasteiger partial charge on any atom is 0.310 e. The topological polar surface area (TPSA) is 46.6 Å². The number of esters is 1. The number of hydrogen-bond donors (Lipinski definition) is 0. The Balaban J connectivity index is 2.22. The van der Waals surface area contributed by atoms with Gasteiger partial charge in [-0.3, -0.25) is 9.59 Å². The number of carbonyl (C=O) groups excluding carboxylic acids is 2. The van der Waals surface area contributed by atoms with Crippen LogP contribution in [0.2, 0.25) is 0 Å². The molecule has 0 unspecified atom stereocenters. The number of methoxy groups -OCH3 is 1. The maximum absolute atomic E-state index is 13.8. The Bertz CT molecular complexity index is 556. The minimum absolute atomic E-state index is 0.112. The monoisotopic (exact) mass is 361 g/mol. The first-order valence-corrected chi connectivity index (χ1v) is 7.25. The summed E-state index contributed by atoms with van der Waals surface area (Å²) in [5.41, 5.74) is -0.594. The molecule has 1 heterocycles. The molecule has 1 aliphatic rings. The van der Waals surface area contributed by atoms with Gasteiger partial charge >= 0.3 is 5.97 Å². The molecule has 2 rings (SSSR count). The Labute approximate surface area is 129 Å². The van der Waals surface area contributed by atoms with Gasteiger partial charge in [0.15, 0.2) is 0 Å². The Morgan fingerprint density at radius 1 is 1.33 bits per heavy atom. The van der Waals surface area contributed by atoms with Crippen LogP contribution >= 0.6 is 15.9 Å². The molecule has 0 radical (unpaired) electrons. The summed E-state index contributed by atoms with van der Waals surface area (Å²) in [6.07, 6.45) is 1.19. The number of ether oxygens (including phenoxy) is 1. The van der Waals surface area contributed by atoms with Gasteiger partial charge in [-0.15, -0.1) is 0 Å². The molecular formula is C14H14BrF2NO3. The highest BCUT2D eigenvalue weighted by molar-refractivity contribution is 9.10. The molecule has 1 atom stereocenters. The number of hydrogen-bond acceptors (Lipinski definition) is 3. The first-order chi connectivity index (χ1) is 9.93. The van der Waals surface area contributed by atoms with Gasteiger partial charge in [-0.1, -0.05) is 15.9 Å². The van der Waals surface area contributed by atoms with E-state index < -0.39 is 35.0 Å². The van der Waals surface area contributed by atoms with Crippen molar-refractivity contribution in [2.24, 2.45) is 5.92 Å². The number of halogens is 3. The summed E-state index contributed by atoms with van der Waals surface area (Å²) < 4.78 is 32.5. The van der Waals surface area contributed by atoms with E-state index in [0.717, 1.165) is 12.1 Å². The van der Waals surface area contributed by atoms with E-state index in [4.69, 9.17) is 0 Å². The number of carbonyl (C=O) groups is 2. The molecule has 0 aliphatic carbocycles. The van der Waals surface area contributed by atoms with E-state index in [1.54, 1.807) is 0 Å². The van der Waals surface area contributed by atoms with Crippen LogP contribution in [-0.4, -0.2) is 37.0 Å². The van der Waals surface area contributed by atoms with Crippen LogP contribution in [-0.2, 0) is 9.53 Å². The van der Waals surface area contributed by atoms with E-state index in [1.165, 1.54) is 12.0 Å². The van der Waals surface area contributed by atoms with Crippen molar-refractivity contribution in [3.05, 3.63) is 33.8 Å². The molecule has 114 valence electrons. The molecular weight excluding hydrogens is 348 g/mol. The summed E-state index contributed by atoms with van der Waals surface area (Å²) in [6.45, 7) is 0.474. The minimum Gasteiger partial charge on any atom is -0.469 e. The van der Waals surface area contributed by atoms with Crippen molar-refractivity contribution in [3.63, 3.8) is 0 Å². The zero-order valence-corrected chi connectivity index (χ0v) is 13.0. The quantitative estimate of drug-likeness (QED) is 0.761. The molecule has 0 bridgehead atoms. The normalized spacial score (nSPS) is 18.5. The predicted molar refractivity (Wildman–Crippen MR) is 74.7 cm³/mol. The highest BCUT2D eigenvalue weighted by atomic mass is 79.9. The van der Waals surface area contributed by atoms with Gasteiger partial charge in [-0.05, 0) is 25.0 Å². The largest absolute Gasteiger partial charge is 0.469 e. The molecule has 0 N–H and O–H groups in total. The lowest BCUT2D eigenvalue weighted by molar-refractivity contribution is -0.146. The summed E-state index contributed by atoms with van der Waals surface area (Å²) in [5.74, 6) is -3.45. The molecule has 1 aliphatic heterocycles. The number of rotatable bonds is 2. The zero-order chi connectivity index (χ0) is 15.6. The SMILES string of the molecule is COC(=O)[C@H]1CCCN(C(=O)c2c(F)cc(Br)cc2F)C1. The third-order valence-corrected chi connectivity index (χ3v) is 3.92. The van der Waals surface area contributed by atoms with Crippen LogP contribution in [0.25, 0.3) is 0 Å². The first kappa shape index (κ1) is 15.9. The van der Waals surface area contributed by atoms with Crippen molar-refractivity contribution in [2.75, 3.05) is 20.2 Å². The molecule has 1 amide bonds. The van der Waals surface area contributed by atoms with Gasteiger partial charge in [-0.25, -0.2) is 8.78 Å². The molecule has 1 aromatic rings. The highest BCUT2D eigenvalue weighted by Crippen LogP contribution is 2.24. The fourth-order valence-corrected chi connectivity index (χ4v) is 2.83. The summed E-state index contributed by atoms with van der Waals surface area (Å²) in [7, 11) is 1.27. The maximum atomic E-state index is 13.8. The number of benzene rings is 1. The Morgan fingerprint density at radius 2 is 1.95 bits per heavy atom. The molecule has 0 saturated carbocycles. The Hall–Kier alpha value is -1.50. The minimum atomic E-state index is -0.924. The van der Waals surface area contributed by atoms with Crippen molar-refractivity contribution in [2.45, 2.75) is 12.8 Å². The summed E-state index contributed by atoms with van der Waals surface area (Å²) >= 11 is 2.96. The summed E-state index contributed by atoms with van der Waals surface area (Å²) in [5, 5.41) is 0. The molecule has 7 heteroatoms. The van der Waals surface area contributed by atoms with E-state index in [0.29, 0.717) is 19.4 Å². The van der Waals surface area contributed by atoms with Crippen LogP contribution in [0.4, 0.5) is 8.78 Å². The molecule has 1 saturated heterocycles. The Morgan fingerprint density at radius 3 is 2.52 bits per heavy atom. The van der Waals surface area contributed by atoms with Gasteiger partial charge in [-0.2, -0.15) is 0 Å². The smallest absolute Gasteiger partial charge is 0.310 e. The number of amides is 1. The predicted octanol–water partition coefficient (Wildman–Crippen LogP) is 2.75. The molecule has 4 nitrogen and oxygen atoms in total.